The zero-order chi connectivity index (χ0) is 8.60. The highest BCUT2D eigenvalue weighted by atomic mass is 32.1. The molecule has 2 rings (SSSR count). The Hall–Kier alpha value is -0.340. The maximum atomic E-state index is 10.2. The Bertz CT molecular complexity index is 271. The first-order chi connectivity index (χ1) is 5.71. The minimum Gasteiger partial charge on any atom is -0.384 e. The Kier molecular flexibility index (Phi) is 1.97. The van der Waals surface area contributed by atoms with Crippen molar-refractivity contribution in [3.8, 4) is 0 Å². The van der Waals surface area contributed by atoms with Gasteiger partial charge in [-0.05, 0) is 31.9 Å². The van der Waals surface area contributed by atoms with E-state index in [2.05, 4.69) is 19.1 Å². The zero-order valence-electron chi connectivity index (χ0n) is 7.34. The molecule has 0 spiro atoms. The van der Waals surface area contributed by atoms with Gasteiger partial charge < -0.3 is 5.11 Å². The van der Waals surface area contributed by atoms with Gasteiger partial charge in [0.05, 0.1) is 5.60 Å². The molecular weight excluding hydrogens is 168 g/mol. The largest absolute Gasteiger partial charge is 0.384 e. The minimum atomic E-state index is -0.473. The number of thiophene rings is 1. The van der Waals surface area contributed by atoms with Crippen LogP contribution < -0.4 is 0 Å². The molecule has 0 amide bonds. The summed E-state index contributed by atoms with van der Waals surface area (Å²) in [6.45, 7) is 2.09. The Labute approximate surface area is 77.0 Å². The summed E-state index contributed by atoms with van der Waals surface area (Å²) in [6, 6.07) is 4.17. The highest BCUT2D eigenvalue weighted by molar-refractivity contribution is 7.12. The smallest absolute Gasteiger partial charge is 0.0987 e. The van der Waals surface area contributed by atoms with Gasteiger partial charge in [0.2, 0.25) is 0 Å². The standard InChI is InChI=1S/C10H14OS/c1-8-4-5-9(12-8)10(11)6-2-3-7-10/h4-5,11H,2-3,6-7H2,1H3. The predicted octanol–water partition coefficient (Wildman–Crippen LogP) is 2.82. The molecular formula is C10H14OS. The molecule has 0 bridgehead atoms. The van der Waals surface area contributed by atoms with Crippen molar-refractivity contribution in [2.45, 2.75) is 38.2 Å². The Morgan fingerprint density at radius 1 is 1.33 bits per heavy atom. The molecule has 0 aromatic carbocycles. The molecule has 0 aliphatic heterocycles. The first-order valence-electron chi connectivity index (χ1n) is 4.50. The molecule has 1 aliphatic carbocycles. The maximum absolute atomic E-state index is 10.2. The van der Waals surface area contributed by atoms with Crippen LogP contribution in [0.1, 0.15) is 35.4 Å². The second-order valence-electron chi connectivity index (χ2n) is 3.65. The quantitative estimate of drug-likeness (QED) is 0.708. The molecule has 1 saturated carbocycles. The fraction of sp³-hybridized carbons (Fsp3) is 0.600. The van der Waals surface area contributed by atoms with Crippen LogP contribution in [-0.2, 0) is 5.60 Å². The first-order valence-corrected chi connectivity index (χ1v) is 5.32. The molecule has 0 unspecified atom stereocenters. The summed E-state index contributed by atoms with van der Waals surface area (Å²) in [4.78, 5) is 2.46. The van der Waals surface area contributed by atoms with Crippen LogP contribution in [0.2, 0.25) is 0 Å². The fourth-order valence-electron chi connectivity index (χ4n) is 1.89. The summed E-state index contributed by atoms with van der Waals surface area (Å²) in [5.41, 5.74) is -0.473. The molecule has 2 heteroatoms. The lowest BCUT2D eigenvalue weighted by Gasteiger charge is -2.19. The normalized spacial score (nSPS) is 21.5. The van der Waals surface area contributed by atoms with Crippen molar-refractivity contribution in [3.63, 3.8) is 0 Å². The van der Waals surface area contributed by atoms with Gasteiger partial charge >= 0.3 is 0 Å². The number of aliphatic hydroxyl groups is 1. The number of rotatable bonds is 1. The van der Waals surface area contributed by atoms with Crippen molar-refractivity contribution in [2.24, 2.45) is 0 Å². The van der Waals surface area contributed by atoms with E-state index in [0.717, 1.165) is 17.7 Å². The van der Waals surface area contributed by atoms with E-state index in [9.17, 15) is 5.11 Å². The lowest BCUT2D eigenvalue weighted by molar-refractivity contribution is 0.0483. The molecule has 1 aliphatic rings. The predicted molar refractivity (Wildman–Crippen MR) is 51.4 cm³/mol. The van der Waals surface area contributed by atoms with Crippen molar-refractivity contribution in [3.05, 3.63) is 21.9 Å². The maximum Gasteiger partial charge on any atom is 0.0987 e. The van der Waals surface area contributed by atoms with Gasteiger partial charge in [-0.25, -0.2) is 0 Å². The first kappa shape index (κ1) is 8.27. The van der Waals surface area contributed by atoms with Crippen LogP contribution in [0.5, 0.6) is 0 Å². The zero-order valence-corrected chi connectivity index (χ0v) is 8.16. The van der Waals surface area contributed by atoms with Crippen LogP contribution in [0.3, 0.4) is 0 Å². The number of aryl methyl sites for hydroxylation is 1. The molecule has 1 heterocycles. The van der Waals surface area contributed by atoms with Gasteiger partial charge in [-0.1, -0.05) is 12.8 Å². The third kappa shape index (κ3) is 1.29. The third-order valence-electron chi connectivity index (χ3n) is 2.63. The van der Waals surface area contributed by atoms with Crippen LogP contribution in [0.4, 0.5) is 0 Å². The fourth-order valence-corrected chi connectivity index (χ4v) is 2.90. The van der Waals surface area contributed by atoms with Crippen LogP contribution in [-0.4, -0.2) is 5.11 Å². The lowest BCUT2D eigenvalue weighted by Crippen LogP contribution is -2.18. The lowest BCUT2D eigenvalue weighted by atomic mass is 10.0. The van der Waals surface area contributed by atoms with Crippen molar-refractivity contribution < 1.29 is 5.11 Å². The number of hydrogen-bond donors (Lipinski definition) is 1. The van der Waals surface area contributed by atoms with E-state index in [1.54, 1.807) is 11.3 Å². The van der Waals surface area contributed by atoms with Gasteiger partial charge in [0.1, 0.15) is 0 Å². The molecule has 0 atom stereocenters. The van der Waals surface area contributed by atoms with E-state index < -0.39 is 5.60 Å². The van der Waals surface area contributed by atoms with E-state index in [1.165, 1.54) is 17.7 Å². The molecule has 1 N–H and O–H groups in total. The van der Waals surface area contributed by atoms with E-state index in [-0.39, 0.29) is 0 Å². The van der Waals surface area contributed by atoms with E-state index >= 15 is 0 Å². The summed E-state index contributed by atoms with van der Waals surface area (Å²) >= 11 is 1.73. The summed E-state index contributed by atoms with van der Waals surface area (Å²) < 4.78 is 0. The van der Waals surface area contributed by atoms with Gasteiger partial charge in [0.25, 0.3) is 0 Å². The molecule has 1 fully saturated rings. The second-order valence-corrected chi connectivity index (χ2v) is 4.94. The van der Waals surface area contributed by atoms with Crippen LogP contribution in [0.25, 0.3) is 0 Å². The van der Waals surface area contributed by atoms with Gasteiger partial charge in [-0.3, -0.25) is 0 Å². The van der Waals surface area contributed by atoms with Gasteiger partial charge in [0.15, 0.2) is 0 Å². The second kappa shape index (κ2) is 2.86. The average Bonchev–Trinajstić information content (AvgIpc) is 2.59. The Balaban J connectivity index is 2.28. The average molecular weight is 182 g/mol. The third-order valence-corrected chi connectivity index (χ3v) is 3.82. The molecule has 1 aromatic heterocycles. The molecule has 1 aromatic rings. The summed E-state index contributed by atoms with van der Waals surface area (Å²) in [7, 11) is 0. The Morgan fingerprint density at radius 3 is 2.50 bits per heavy atom. The van der Waals surface area contributed by atoms with Gasteiger partial charge in [-0.15, -0.1) is 11.3 Å². The molecule has 0 saturated heterocycles. The Morgan fingerprint density at radius 2 is 2.00 bits per heavy atom. The topological polar surface area (TPSA) is 20.2 Å². The van der Waals surface area contributed by atoms with Crippen LogP contribution in [0.15, 0.2) is 12.1 Å². The van der Waals surface area contributed by atoms with E-state index in [0.29, 0.717) is 0 Å². The summed E-state index contributed by atoms with van der Waals surface area (Å²) in [5, 5.41) is 10.2. The van der Waals surface area contributed by atoms with E-state index in [1.807, 2.05) is 0 Å². The molecule has 0 radical (unpaired) electrons. The summed E-state index contributed by atoms with van der Waals surface area (Å²) in [5.74, 6) is 0. The van der Waals surface area contributed by atoms with Gasteiger partial charge in [-0.2, -0.15) is 0 Å². The summed E-state index contributed by atoms with van der Waals surface area (Å²) in [6.07, 6.45) is 4.25. The van der Waals surface area contributed by atoms with Crippen LogP contribution in [0, 0.1) is 6.92 Å². The molecule has 1 nitrogen and oxygen atoms in total. The highest BCUT2D eigenvalue weighted by Gasteiger charge is 2.33. The van der Waals surface area contributed by atoms with Crippen molar-refractivity contribution >= 4 is 11.3 Å². The minimum absolute atomic E-state index is 0.473. The van der Waals surface area contributed by atoms with Crippen molar-refractivity contribution in [2.75, 3.05) is 0 Å². The van der Waals surface area contributed by atoms with Crippen molar-refractivity contribution in [1.82, 2.24) is 0 Å². The molecule has 66 valence electrons. The van der Waals surface area contributed by atoms with Crippen molar-refractivity contribution in [1.29, 1.82) is 0 Å². The van der Waals surface area contributed by atoms with Gasteiger partial charge in [0, 0.05) is 9.75 Å². The van der Waals surface area contributed by atoms with E-state index in [4.69, 9.17) is 0 Å². The highest BCUT2D eigenvalue weighted by Crippen LogP contribution is 2.41. The molecule has 12 heavy (non-hydrogen) atoms. The SMILES string of the molecule is Cc1ccc(C2(O)CCCC2)s1. The number of hydrogen-bond acceptors (Lipinski definition) is 2. The van der Waals surface area contributed by atoms with Crippen LogP contribution >= 0.6 is 11.3 Å². The monoisotopic (exact) mass is 182 g/mol.